The summed E-state index contributed by atoms with van der Waals surface area (Å²) in [4.78, 5) is 6.99. The zero-order chi connectivity index (χ0) is 14.4. The zero-order valence-corrected chi connectivity index (χ0v) is 11.8. The van der Waals surface area contributed by atoms with Crippen LogP contribution in [-0.4, -0.2) is 4.89 Å². The Balaban J connectivity index is 0.000000550. The number of nitrogens with two attached hydrogens (primary N) is 2. The average molecular weight is 276 g/mol. The summed E-state index contributed by atoms with van der Waals surface area (Å²) in [5, 5.41) is 0. The molecule has 2 aromatic carbocycles. The molecular formula is C14H17N2O2P. The summed E-state index contributed by atoms with van der Waals surface area (Å²) in [5.74, 6) is 0. The fraction of sp³-hybridized carbons (Fsp3) is 0.143. The topological polar surface area (TPSA) is 89.3 Å². The molecule has 0 atom stereocenters. The van der Waals surface area contributed by atoms with Crippen molar-refractivity contribution in [3.63, 3.8) is 0 Å². The Kier molecular flexibility index (Phi) is 5.49. The summed E-state index contributed by atoms with van der Waals surface area (Å²) < 4.78 is 8.46. The Hall–Kier alpha value is -1.90. The third kappa shape index (κ3) is 4.05. The fourth-order valence-corrected chi connectivity index (χ4v) is 1.71. The van der Waals surface area contributed by atoms with Crippen molar-refractivity contribution in [2.75, 3.05) is 11.5 Å². The summed E-state index contributed by atoms with van der Waals surface area (Å²) in [7, 11) is -0.833. The minimum absolute atomic E-state index is 0.830. The Morgan fingerprint density at radius 2 is 1.21 bits per heavy atom. The first-order valence-corrected chi connectivity index (χ1v) is 6.45. The van der Waals surface area contributed by atoms with Gasteiger partial charge in [-0.3, -0.25) is 0 Å². The molecule has 0 unspecified atom stereocenters. The molecule has 0 aliphatic heterocycles. The second kappa shape index (κ2) is 6.88. The van der Waals surface area contributed by atoms with Gasteiger partial charge in [0.1, 0.15) is 0 Å². The highest BCUT2D eigenvalue weighted by Crippen LogP contribution is 2.25. The molecule has 0 radical (unpaired) electrons. The first-order chi connectivity index (χ1) is 8.99. The maximum atomic E-state index is 8.46. The van der Waals surface area contributed by atoms with Crippen molar-refractivity contribution in [3.8, 4) is 11.1 Å². The molecule has 0 aliphatic carbocycles. The Labute approximate surface area is 114 Å². The predicted octanol–water partition coefficient (Wildman–Crippen LogP) is 3.32. The minimum Gasteiger partial charge on any atom is -0.399 e. The van der Waals surface area contributed by atoms with E-state index in [1.165, 1.54) is 11.1 Å². The van der Waals surface area contributed by atoms with Crippen LogP contribution < -0.4 is 11.5 Å². The number of hydrogen-bond acceptors (Lipinski definition) is 3. The van der Waals surface area contributed by atoms with E-state index in [-0.39, 0.29) is 0 Å². The first-order valence-electron chi connectivity index (χ1n) is 5.69. The molecule has 0 bridgehead atoms. The molecule has 19 heavy (non-hydrogen) atoms. The number of aryl methyl sites for hydroxylation is 2. The Morgan fingerprint density at radius 1 is 0.895 bits per heavy atom. The number of hydrogen-bond donors (Lipinski definition) is 3. The molecule has 5 N–H and O–H groups in total. The first kappa shape index (κ1) is 15.2. The van der Waals surface area contributed by atoms with Crippen LogP contribution in [0.4, 0.5) is 11.4 Å². The van der Waals surface area contributed by atoms with Crippen LogP contribution in [0.1, 0.15) is 11.1 Å². The molecule has 100 valence electrons. The SMILES string of the molecule is Cc1cc(-c2ccc(N)c(C)c2)ccc1N.O=PO. The molecule has 0 aliphatic rings. The van der Waals surface area contributed by atoms with Gasteiger partial charge in [0.25, 0.3) is 0 Å². The van der Waals surface area contributed by atoms with Crippen LogP contribution in [0.2, 0.25) is 0 Å². The molecule has 5 heteroatoms. The van der Waals surface area contributed by atoms with E-state index in [0.717, 1.165) is 22.5 Å². The van der Waals surface area contributed by atoms with Crippen molar-refractivity contribution in [2.24, 2.45) is 0 Å². The fourth-order valence-electron chi connectivity index (χ4n) is 1.71. The highest BCUT2D eigenvalue weighted by molar-refractivity contribution is 7.16. The number of anilines is 2. The van der Waals surface area contributed by atoms with Crippen molar-refractivity contribution in [2.45, 2.75) is 13.8 Å². The Morgan fingerprint density at radius 3 is 1.47 bits per heavy atom. The van der Waals surface area contributed by atoms with Crippen LogP contribution >= 0.6 is 8.69 Å². The maximum Gasteiger partial charge on any atom is 0.324 e. The van der Waals surface area contributed by atoms with Crippen LogP contribution in [0.25, 0.3) is 11.1 Å². The van der Waals surface area contributed by atoms with E-state index in [2.05, 4.69) is 12.1 Å². The summed E-state index contributed by atoms with van der Waals surface area (Å²) in [5.41, 5.74) is 17.8. The van der Waals surface area contributed by atoms with Crippen molar-refractivity contribution >= 4 is 20.1 Å². The van der Waals surface area contributed by atoms with Crippen molar-refractivity contribution in [1.29, 1.82) is 0 Å². The van der Waals surface area contributed by atoms with Crippen LogP contribution in [0, 0.1) is 13.8 Å². The normalized spacial score (nSPS) is 9.84. The number of nitrogen functional groups attached to an aromatic ring is 2. The monoisotopic (exact) mass is 276 g/mol. The van der Waals surface area contributed by atoms with Gasteiger partial charge in [-0.2, -0.15) is 0 Å². The molecule has 0 spiro atoms. The zero-order valence-electron chi connectivity index (χ0n) is 10.9. The molecule has 2 aromatic rings. The lowest BCUT2D eigenvalue weighted by atomic mass is 10.0. The molecule has 0 fully saturated rings. The second-order valence-corrected chi connectivity index (χ2v) is 4.39. The van der Waals surface area contributed by atoms with Crippen LogP contribution in [-0.2, 0) is 4.57 Å². The predicted molar refractivity (Wildman–Crippen MR) is 80.0 cm³/mol. The van der Waals surface area contributed by atoms with E-state index in [1.807, 2.05) is 38.1 Å². The summed E-state index contributed by atoms with van der Waals surface area (Å²) in [6.07, 6.45) is 0. The Bertz CT molecular complexity index is 536. The maximum absolute atomic E-state index is 8.46. The van der Waals surface area contributed by atoms with E-state index in [9.17, 15) is 0 Å². The van der Waals surface area contributed by atoms with E-state index in [4.69, 9.17) is 20.9 Å². The van der Waals surface area contributed by atoms with E-state index in [0.29, 0.717) is 0 Å². The van der Waals surface area contributed by atoms with Crippen LogP contribution in [0.5, 0.6) is 0 Å². The summed E-state index contributed by atoms with van der Waals surface area (Å²) in [6, 6.07) is 12.1. The number of benzene rings is 2. The van der Waals surface area contributed by atoms with Gasteiger partial charge in [-0.1, -0.05) is 12.1 Å². The van der Waals surface area contributed by atoms with Gasteiger partial charge < -0.3 is 16.4 Å². The van der Waals surface area contributed by atoms with Crippen LogP contribution in [0.3, 0.4) is 0 Å². The van der Waals surface area contributed by atoms with Gasteiger partial charge in [-0.25, -0.2) is 4.57 Å². The molecule has 4 nitrogen and oxygen atoms in total. The quantitative estimate of drug-likeness (QED) is 0.550. The van der Waals surface area contributed by atoms with Crippen molar-refractivity contribution in [1.82, 2.24) is 0 Å². The second-order valence-electron chi connectivity index (χ2n) is 4.22. The lowest BCUT2D eigenvalue weighted by Gasteiger charge is -2.07. The number of rotatable bonds is 1. The molecule has 0 aromatic heterocycles. The highest BCUT2D eigenvalue weighted by Gasteiger charge is 2.01. The van der Waals surface area contributed by atoms with Gasteiger partial charge in [0.15, 0.2) is 0 Å². The molecule has 0 heterocycles. The molecule has 2 rings (SSSR count). The van der Waals surface area contributed by atoms with Gasteiger partial charge in [-0.05, 0) is 60.4 Å². The van der Waals surface area contributed by atoms with Crippen molar-refractivity contribution < 1.29 is 9.46 Å². The molecule has 0 saturated heterocycles. The van der Waals surface area contributed by atoms with Gasteiger partial charge in [0.05, 0.1) is 0 Å². The molecule has 0 saturated carbocycles. The summed E-state index contributed by atoms with van der Waals surface area (Å²) in [6.45, 7) is 4.03. The molecular weight excluding hydrogens is 259 g/mol. The van der Waals surface area contributed by atoms with E-state index >= 15 is 0 Å². The highest BCUT2D eigenvalue weighted by atomic mass is 31.1. The third-order valence-corrected chi connectivity index (χ3v) is 2.87. The summed E-state index contributed by atoms with van der Waals surface area (Å²) >= 11 is 0. The lowest BCUT2D eigenvalue weighted by molar-refractivity contribution is 0.524. The van der Waals surface area contributed by atoms with E-state index in [1.54, 1.807) is 0 Å². The third-order valence-electron chi connectivity index (χ3n) is 2.87. The average Bonchev–Trinajstić information content (AvgIpc) is 2.37. The largest absolute Gasteiger partial charge is 0.399 e. The van der Waals surface area contributed by atoms with Gasteiger partial charge in [-0.15, -0.1) is 0 Å². The van der Waals surface area contributed by atoms with Gasteiger partial charge in [0.2, 0.25) is 0 Å². The molecule has 0 amide bonds. The smallest absolute Gasteiger partial charge is 0.324 e. The van der Waals surface area contributed by atoms with Crippen molar-refractivity contribution in [3.05, 3.63) is 47.5 Å². The minimum atomic E-state index is -0.833. The van der Waals surface area contributed by atoms with Crippen LogP contribution in [0.15, 0.2) is 36.4 Å². The lowest BCUT2D eigenvalue weighted by Crippen LogP contribution is -1.91. The van der Waals surface area contributed by atoms with Gasteiger partial charge in [0, 0.05) is 11.4 Å². The standard InChI is InChI=1S/C14H16N2.HO2P/c1-9-7-11(3-5-13(9)15)12-4-6-14(16)10(2)8-12;1-3-2/h3-8H,15-16H2,1-2H3;(H,1,2). The van der Waals surface area contributed by atoms with Gasteiger partial charge >= 0.3 is 8.69 Å². The van der Waals surface area contributed by atoms with E-state index < -0.39 is 8.69 Å².